The molecule has 2 N–H and O–H groups in total. The number of amides is 1. The molecule has 0 fully saturated rings. The molecule has 0 radical (unpaired) electrons. The highest BCUT2D eigenvalue weighted by Gasteiger charge is 2.16. The minimum absolute atomic E-state index is 0.112. The van der Waals surface area contributed by atoms with E-state index in [0.717, 1.165) is 6.92 Å². The second kappa shape index (κ2) is 8.20. The number of sulfonamides is 1. The number of hydrogen-bond donors (Lipinski definition) is 2. The van der Waals surface area contributed by atoms with Crippen molar-refractivity contribution in [2.45, 2.75) is 25.7 Å². The van der Waals surface area contributed by atoms with Gasteiger partial charge in [-0.3, -0.25) is 4.79 Å². The lowest BCUT2D eigenvalue weighted by atomic mass is 10.3. The quantitative estimate of drug-likeness (QED) is 0.346. The van der Waals surface area contributed by atoms with E-state index in [4.69, 9.17) is 4.74 Å². The molecule has 0 aliphatic rings. The maximum Gasteiger partial charge on any atom is 0.362 e. The van der Waals surface area contributed by atoms with Gasteiger partial charge in [0, 0.05) is 6.92 Å². The molecule has 1 aromatic carbocycles. The average molecular weight is 355 g/mol. The summed E-state index contributed by atoms with van der Waals surface area (Å²) < 4.78 is 30.1. The maximum atomic E-state index is 11.8. The number of carbonyl (C=O) groups is 2. The van der Waals surface area contributed by atoms with Crippen molar-refractivity contribution in [1.82, 2.24) is 4.72 Å². The van der Waals surface area contributed by atoms with E-state index < -0.39 is 21.9 Å². The summed E-state index contributed by atoms with van der Waals surface area (Å²) in [5, 5.41) is 16.8. The number of esters is 1. The van der Waals surface area contributed by atoms with Crippen LogP contribution in [0.3, 0.4) is 0 Å². The first kappa shape index (κ1) is 19.3. The van der Waals surface area contributed by atoms with Crippen molar-refractivity contribution in [3.8, 4) is 0 Å². The van der Waals surface area contributed by atoms with Gasteiger partial charge in [0.15, 0.2) is 0 Å². The van der Waals surface area contributed by atoms with E-state index in [1.54, 1.807) is 6.92 Å². The number of ether oxygens (including phenoxy) is 1. The van der Waals surface area contributed by atoms with Crippen LogP contribution in [-0.4, -0.2) is 32.0 Å². The number of hydrogen-bond acceptors (Lipinski definition) is 8. The number of nitrogens with one attached hydrogen (secondary N) is 1. The van der Waals surface area contributed by atoms with Crippen molar-refractivity contribution >= 4 is 27.6 Å². The van der Waals surface area contributed by atoms with Crippen molar-refractivity contribution in [1.29, 1.82) is 0 Å². The number of azo groups is 1. The second-order valence-electron chi connectivity index (χ2n) is 4.51. The van der Waals surface area contributed by atoms with Gasteiger partial charge in [0.05, 0.1) is 17.2 Å². The Hall–Kier alpha value is -2.75. The van der Waals surface area contributed by atoms with Crippen LogP contribution in [0, 0.1) is 0 Å². The number of rotatable bonds is 6. The first-order valence-corrected chi connectivity index (χ1v) is 8.28. The van der Waals surface area contributed by atoms with E-state index in [1.165, 1.54) is 31.2 Å². The van der Waals surface area contributed by atoms with Gasteiger partial charge in [0.2, 0.25) is 11.6 Å². The van der Waals surface area contributed by atoms with Crippen LogP contribution in [0.4, 0.5) is 5.69 Å². The van der Waals surface area contributed by atoms with Gasteiger partial charge in [0.1, 0.15) is 5.76 Å². The summed E-state index contributed by atoms with van der Waals surface area (Å²) in [6.45, 7) is 4.06. The minimum atomic E-state index is -3.94. The van der Waals surface area contributed by atoms with Crippen molar-refractivity contribution in [3.05, 3.63) is 35.7 Å². The molecule has 0 bridgehead atoms. The van der Waals surface area contributed by atoms with Crippen LogP contribution in [0.5, 0.6) is 0 Å². The Kier molecular flexibility index (Phi) is 6.59. The predicted octanol–water partition coefficient (Wildman–Crippen LogP) is 1.95. The van der Waals surface area contributed by atoms with E-state index in [1.807, 2.05) is 4.72 Å². The van der Waals surface area contributed by atoms with Gasteiger partial charge in [0.25, 0.3) is 10.0 Å². The van der Waals surface area contributed by atoms with Crippen molar-refractivity contribution in [3.63, 3.8) is 0 Å². The van der Waals surface area contributed by atoms with Gasteiger partial charge in [-0.05, 0) is 38.1 Å². The molecule has 130 valence electrons. The van der Waals surface area contributed by atoms with Gasteiger partial charge in [-0.1, -0.05) is 0 Å². The van der Waals surface area contributed by atoms with E-state index in [-0.39, 0.29) is 28.6 Å². The molecule has 0 aromatic heterocycles. The first-order valence-electron chi connectivity index (χ1n) is 6.79. The molecule has 1 amide bonds. The fourth-order valence-corrected chi connectivity index (χ4v) is 2.50. The highest BCUT2D eigenvalue weighted by atomic mass is 32.2. The molecule has 0 saturated heterocycles. The van der Waals surface area contributed by atoms with Crippen LogP contribution in [-0.2, 0) is 24.3 Å². The Morgan fingerprint density at radius 3 is 2.25 bits per heavy atom. The number of aliphatic hydroxyl groups excluding tert-OH is 1. The third kappa shape index (κ3) is 5.47. The normalized spacial score (nSPS) is 12.6. The van der Waals surface area contributed by atoms with Crippen molar-refractivity contribution < 1.29 is 27.9 Å². The van der Waals surface area contributed by atoms with E-state index in [9.17, 15) is 23.1 Å². The van der Waals surface area contributed by atoms with E-state index in [2.05, 4.69) is 10.2 Å². The topological polar surface area (TPSA) is 134 Å². The molecule has 1 rings (SSSR count). The summed E-state index contributed by atoms with van der Waals surface area (Å²) in [6, 6.07) is 5.10. The van der Waals surface area contributed by atoms with Gasteiger partial charge in [-0.25, -0.2) is 17.9 Å². The van der Waals surface area contributed by atoms with Crippen LogP contribution in [0.1, 0.15) is 20.8 Å². The summed E-state index contributed by atoms with van der Waals surface area (Å²) in [6.07, 6.45) is 0. The Morgan fingerprint density at radius 2 is 1.79 bits per heavy atom. The summed E-state index contributed by atoms with van der Waals surface area (Å²) in [5.41, 5.74) is -0.119. The predicted molar refractivity (Wildman–Crippen MR) is 83.9 cm³/mol. The molecule has 0 heterocycles. The highest BCUT2D eigenvalue weighted by molar-refractivity contribution is 7.90. The van der Waals surface area contributed by atoms with Crippen LogP contribution in [0.15, 0.2) is 50.8 Å². The van der Waals surface area contributed by atoms with Crippen molar-refractivity contribution in [2.75, 3.05) is 6.61 Å². The highest BCUT2D eigenvalue weighted by Crippen LogP contribution is 2.18. The van der Waals surface area contributed by atoms with Gasteiger partial charge in [-0.2, -0.15) is 5.11 Å². The third-order valence-corrected chi connectivity index (χ3v) is 3.95. The van der Waals surface area contributed by atoms with Crippen LogP contribution < -0.4 is 4.72 Å². The summed E-state index contributed by atoms with van der Waals surface area (Å²) in [4.78, 5) is 22.3. The standard InChI is InChI=1S/C14H17N3O6S/c1-4-23-14(20)13(9(2)18)16-15-11-5-7-12(8-6-11)24(21,22)17-10(3)19/h5-8,18H,4H2,1-3H3,(H,17,19)/b13-9-,16-15?. The van der Waals surface area contributed by atoms with Gasteiger partial charge in [-0.15, -0.1) is 5.11 Å². The summed E-state index contributed by atoms with van der Waals surface area (Å²) in [5.74, 6) is -1.89. The lowest BCUT2D eigenvalue weighted by Gasteiger charge is -2.04. The monoisotopic (exact) mass is 355 g/mol. The van der Waals surface area contributed by atoms with E-state index in [0.29, 0.717) is 0 Å². The molecule has 0 aliphatic carbocycles. The maximum absolute atomic E-state index is 11.8. The molecule has 0 aliphatic heterocycles. The van der Waals surface area contributed by atoms with Crippen LogP contribution >= 0.6 is 0 Å². The smallest absolute Gasteiger partial charge is 0.362 e. The van der Waals surface area contributed by atoms with Gasteiger partial charge < -0.3 is 9.84 Å². The summed E-state index contributed by atoms with van der Waals surface area (Å²) >= 11 is 0. The largest absolute Gasteiger partial charge is 0.510 e. The SMILES string of the molecule is CCOC(=O)/C(N=Nc1ccc(S(=O)(=O)NC(C)=O)cc1)=C(\C)O. The summed E-state index contributed by atoms with van der Waals surface area (Å²) in [7, 11) is -3.94. The molecule has 9 nitrogen and oxygen atoms in total. The molecular formula is C14H17N3O6S. The molecule has 0 atom stereocenters. The zero-order valence-electron chi connectivity index (χ0n) is 13.3. The minimum Gasteiger partial charge on any atom is -0.510 e. The Balaban J connectivity index is 3.00. The zero-order chi connectivity index (χ0) is 18.3. The molecule has 24 heavy (non-hydrogen) atoms. The molecule has 0 unspecified atom stereocenters. The molecule has 1 aromatic rings. The molecular weight excluding hydrogens is 338 g/mol. The fourth-order valence-electron chi connectivity index (χ4n) is 1.51. The average Bonchev–Trinajstić information content (AvgIpc) is 2.46. The third-order valence-electron chi connectivity index (χ3n) is 2.50. The Morgan fingerprint density at radius 1 is 1.21 bits per heavy atom. The molecule has 0 saturated carbocycles. The Bertz CT molecular complexity index is 777. The Labute approximate surface area is 139 Å². The fraction of sp³-hybridized carbons (Fsp3) is 0.286. The number of benzene rings is 1. The van der Waals surface area contributed by atoms with Gasteiger partial charge >= 0.3 is 5.97 Å². The van der Waals surface area contributed by atoms with Crippen LogP contribution in [0.25, 0.3) is 0 Å². The van der Waals surface area contributed by atoms with Crippen molar-refractivity contribution in [2.24, 2.45) is 10.2 Å². The molecule has 0 spiro atoms. The molecule has 10 heteroatoms. The zero-order valence-corrected chi connectivity index (χ0v) is 14.1. The second-order valence-corrected chi connectivity index (χ2v) is 6.19. The first-order chi connectivity index (χ1) is 11.2. The number of allylic oxidation sites excluding steroid dienone is 1. The number of nitrogens with zero attached hydrogens (tertiary/aromatic N) is 2. The number of carbonyl (C=O) groups excluding carboxylic acids is 2. The lowest BCUT2D eigenvalue weighted by molar-refractivity contribution is -0.138. The number of aliphatic hydroxyl groups is 1. The lowest BCUT2D eigenvalue weighted by Crippen LogP contribution is -2.28. The van der Waals surface area contributed by atoms with E-state index >= 15 is 0 Å². The van der Waals surface area contributed by atoms with Crippen LogP contribution in [0.2, 0.25) is 0 Å².